The molecular weight excluding hydrogens is 528 g/mol. The zero-order valence-electron chi connectivity index (χ0n) is 24.3. The van der Waals surface area contributed by atoms with Crippen LogP contribution in [0.1, 0.15) is 71.3 Å². The molecule has 3 amide bonds. The number of benzene rings is 1. The summed E-state index contributed by atoms with van der Waals surface area (Å²) in [5, 5.41) is 6.17. The zero-order chi connectivity index (χ0) is 29.0. The SMILES string of the molecule is CC[C@@H](C)C(=O)N[C@H](C(=O)N1CC[C@@H]2[C@H]1[C@@H](C(=O)N[C@H](C)Cc1ccccc1)CN2S(C)(=O)=O)C1CCCCC1. The van der Waals surface area contributed by atoms with E-state index in [1.807, 2.05) is 51.1 Å². The van der Waals surface area contributed by atoms with E-state index in [1.165, 1.54) is 10.6 Å². The van der Waals surface area contributed by atoms with E-state index < -0.39 is 34.1 Å². The highest BCUT2D eigenvalue weighted by molar-refractivity contribution is 7.88. The third kappa shape index (κ3) is 6.87. The molecule has 40 heavy (non-hydrogen) atoms. The number of carbonyl (C=O) groups is 3. The molecule has 3 aliphatic rings. The number of nitrogens with zero attached hydrogens (tertiary/aromatic N) is 2. The summed E-state index contributed by atoms with van der Waals surface area (Å²) in [6, 6.07) is 8.06. The van der Waals surface area contributed by atoms with Gasteiger partial charge in [-0.2, -0.15) is 4.31 Å². The first-order chi connectivity index (χ1) is 19.0. The van der Waals surface area contributed by atoms with Gasteiger partial charge >= 0.3 is 0 Å². The summed E-state index contributed by atoms with van der Waals surface area (Å²) in [5.41, 5.74) is 1.10. The predicted octanol–water partition coefficient (Wildman–Crippen LogP) is 2.71. The number of carbonyl (C=O) groups excluding carboxylic acids is 3. The second kappa shape index (κ2) is 13.0. The summed E-state index contributed by atoms with van der Waals surface area (Å²) in [6.45, 7) is 6.17. The fraction of sp³-hybridized carbons (Fsp3) is 0.700. The topological polar surface area (TPSA) is 116 Å². The molecule has 0 bridgehead atoms. The van der Waals surface area contributed by atoms with Crippen molar-refractivity contribution in [2.24, 2.45) is 17.8 Å². The van der Waals surface area contributed by atoms with Crippen LogP contribution >= 0.6 is 0 Å². The standard InChI is InChI=1S/C30H46N4O5S/c1-5-20(2)28(35)32-26(23-14-10-7-11-15-23)30(37)33-17-16-25-27(33)24(19-34(25)40(4,38)39)29(36)31-21(3)18-22-12-8-6-9-13-22/h6,8-9,12-13,20-21,23-27H,5,7,10-11,14-19H2,1-4H3,(H,31,36)(H,32,35)/t20-,21-,24+,25-,26+,27-/m1/s1. The number of likely N-dealkylation sites (tertiary alicyclic amines) is 1. The van der Waals surface area contributed by atoms with Crippen LogP contribution in [0.4, 0.5) is 0 Å². The Balaban J connectivity index is 1.57. The number of nitrogens with one attached hydrogen (secondary N) is 2. The average Bonchev–Trinajstić information content (AvgIpc) is 3.52. The van der Waals surface area contributed by atoms with E-state index in [4.69, 9.17) is 0 Å². The Bertz CT molecular complexity index is 1150. The Morgan fingerprint density at radius 2 is 1.68 bits per heavy atom. The molecule has 3 fully saturated rings. The lowest BCUT2D eigenvalue weighted by Crippen LogP contribution is -2.57. The molecule has 2 aliphatic heterocycles. The molecule has 1 aromatic carbocycles. The largest absolute Gasteiger partial charge is 0.353 e. The normalized spacial score (nSPS) is 26.1. The molecular formula is C30H46N4O5S. The van der Waals surface area contributed by atoms with Crippen molar-refractivity contribution >= 4 is 27.7 Å². The Morgan fingerprint density at radius 1 is 1.00 bits per heavy atom. The number of fused-ring (bicyclic) bond motifs is 1. The maximum Gasteiger partial charge on any atom is 0.245 e. The highest BCUT2D eigenvalue weighted by atomic mass is 32.2. The van der Waals surface area contributed by atoms with Gasteiger partial charge in [0.25, 0.3) is 0 Å². The maximum absolute atomic E-state index is 14.2. The number of hydrogen-bond donors (Lipinski definition) is 2. The van der Waals surface area contributed by atoms with E-state index in [-0.39, 0.29) is 42.1 Å². The van der Waals surface area contributed by atoms with Gasteiger partial charge < -0.3 is 15.5 Å². The summed E-state index contributed by atoms with van der Waals surface area (Å²) in [6.07, 6.45) is 7.88. The van der Waals surface area contributed by atoms with Crippen LogP contribution in [-0.2, 0) is 30.8 Å². The lowest BCUT2D eigenvalue weighted by atomic mass is 9.82. The third-order valence-corrected chi connectivity index (χ3v) is 10.4. The van der Waals surface area contributed by atoms with Crippen LogP contribution in [0.25, 0.3) is 0 Å². The first kappa shape index (κ1) is 30.5. The van der Waals surface area contributed by atoms with Gasteiger partial charge in [-0.15, -0.1) is 0 Å². The van der Waals surface area contributed by atoms with Gasteiger partial charge in [0.2, 0.25) is 27.7 Å². The van der Waals surface area contributed by atoms with Crippen LogP contribution in [0.5, 0.6) is 0 Å². The highest BCUT2D eigenvalue weighted by Gasteiger charge is 2.56. The van der Waals surface area contributed by atoms with Crippen LogP contribution in [0, 0.1) is 17.8 Å². The van der Waals surface area contributed by atoms with Gasteiger partial charge in [-0.05, 0) is 50.5 Å². The van der Waals surface area contributed by atoms with Crippen molar-refractivity contribution in [3.05, 3.63) is 35.9 Å². The molecule has 0 spiro atoms. The fourth-order valence-electron chi connectivity index (χ4n) is 6.79. The Kier molecular flexibility index (Phi) is 9.93. The number of rotatable bonds is 10. The van der Waals surface area contributed by atoms with Gasteiger partial charge in [-0.1, -0.05) is 63.4 Å². The van der Waals surface area contributed by atoms with Crippen molar-refractivity contribution in [3.63, 3.8) is 0 Å². The molecule has 2 saturated heterocycles. The molecule has 9 nitrogen and oxygen atoms in total. The fourth-order valence-corrected chi connectivity index (χ4v) is 7.94. The minimum Gasteiger partial charge on any atom is -0.353 e. The van der Waals surface area contributed by atoms with Crippen molar-refractivity contribution in [2.75, 3.05) is 19.3 Å². The second-order valence-electron chi connectivity index (χ2n) is 12.1. The quantitative estimate of drug-likeness (QED) is 0.446. The van der Waals surface area contributed by atoms with E-state index in [2.05, 4.69) is 10.6 Å². The molecule has 4 rings (SSSR count). The Morgan fingerprint density at radius 3 is 2.30 bits per heavy atom. The van der Waals surface area contributed by atoms with E-state index in [1.54, 1.807) is 4.90 Å². The zero-order valence-corrected chi connectivity index (χ0v) is 25.2. The van der Waals surface area contributed by atoms with Crippen LogP contribution in [0.15, 0.2) is 30.3 Å². The minimum absolute atomic E-state index is 0.0406. The van der Waals surface area contributed by atoms with E-state index >= 15 is 0 Å². The van der Waals surface area contributed by atoms with Crippen LogP contribution in [-0.4, -0.2) is 78.9 Å². The molecule has 1 saturated carbocycles. The van der Waals surface area contributed by atoms with E-state index in [9.17, 15) is 22.8 Å². The average molecular weight is 575 g/mol. The van der Waals surface area contributed by atoms with Crippen LogP contribution < -0.4 is 10.6 Å². The summed E-state index contributed by atoms with van der Waals surface area (Å²) < 4.78 is 26.9. The molecule has 1 aliphatic carbocycles. The van der Waals surface area contributed by atoms with E-state index in [0.29, 0.717) is 25.8 Å². The second-order valence-corrected chi connectivity index (χ2v) is 14.0. The molecule has 0 unspecified atom stereocenters. The lowest BCUT2D eigenvalue weighted by Gasteiger charge is -2.36. The molecule has 2 N–H and O–H groups in total. The third-order valence-electron chi connectivity index (χ3n) is 9.14. The van der Waals surface area contributed by atoms with Crippen LogP contribution in [0.3, 0.4) is 0 Å². The van der Waals surface area contributed by atoms with Gasteiger partial charge in [-0.25, -0.2) is 8.42 Å². The van der Waals surface area contributed by atoms with Crippen molar-refractivity contribution in [3.8, 4) is 0 Å². The smallest absolute Gasteiger partial charge is 0.245 e. The minimum atomic E-state index is -3.58. The van der Waals surface area contributed by atoms with Crippen molar-refractivity contribution in [2.45, 2.75) is 96.3 Å². The lowest BCUT2D eigenvalue weighted by molar-refractivity contribution is -0.141. The number of amides is 3. The number of hydrogen-bond acceptors (Lipinski definition) is 5. The molecule has 6 atom stereocenters. The van der Waals surface area contributed by atoms with Gasteiger partial charge in [0, 0.05) is 31.1 Å². The summed E-state index contributed by atoms with van der Waals surface area (Å²) >= 11 is 0. The molecule has 0 radical (unpaired) electrons. The molecule has 10 heteroatoms. The molecule has 0 aromatic heterocycles. The predicted molar refractivity (Wildman–Crippen MR) is 155 cm³/mol. The van der Waals surface area contributed by atoms with E-state index in [0.717, 1.165) is 37.7 Å². The van der Waals surface area contributed by atoms with Crippen molar-refractivity contribution in [1.82, 2.24) is 19.8 Å². The van der Waals surface area contributed by atoms with Gasteiger partial charge in [0.15, 0.2) is 0 Å². The molecule has 1 aromatic rings. The van der Waals surface area contributed by atoms with Crippen molar-refractivity contribution < 1.29 is 22.8 Å². The van der Waals surface area contributed by atoms with Gasteiger partial charge in [-0.3, -0.25) is 14.4 Å². The summed E-state index contributed by atoms with van der Waals surface area (Å²) in [7, 11) is -3.58. The summed E-state index contributed by atoms with van der Waals surface area (Å²) in [4.78, 5) is 42.6. The molecule has 222 valence electrons. The molecule has 2 heterocycles. The number of sulfonamides is 1. The first-order valence-corrected chi connectivity index (χ1v) is 16.8. The van der Waals surface area contributed by atoms with Gasteiger partial charge in [0.1, 0.15) is 6.04 Å². The maximum atomic E-state index is 14.2. The first-order valence-electron chi connectivity index (χ1n) is 14.9. The Hall–Kier alpha value is -2.46. The highest BCUT2D eigenvalue weighted by Crippen LogP contribution is 2.39. The summed E-state index contributed by atoms with van der Waals surface area (Å²) in [5.74, 6) is -1.39. The Labute approximate surface area is 239 Å². The monoisotopic (exact) mass is 574 g/mol. The van der Waals surface area contributed by atoms with Crippen LogP contribution in [0.2, 0.25) is 0 Å². The van der Waals surface area contributed by atoms with Crippen molar-refractivity contribution in [1.29, 1.82) is 0 Å². The van der Waals surface area contributed by atoms with Gasteiger partial charge in [0.05, 0.1) is 18.2 Å².